The van der Waals surface area contributed by atoms with Gasteiger partial charge in [0, 0.05) is 23.6 Å². The normalized spacial score (nSPS) is 9.73. The van der Waals surface area contributed by atoms with E-state index in [0.717, 1.165) is 17.1 Å². The Labute approximate surface area is 72.0 Å². The second kappa shape index (κ2) is 3.62. The summed E-state index contributed by atoms with van der Waals surface area (Å²) >= 11 is 4.13. The second-order valence-electron chi connectivity index (χ2n) is 2.30. The van der Waals surface area contributed by atoms with Crippen molar-refractivity contribution in [2.45, 2.75) is 12.7 Å². The van der Waals surface area contributed by atoms with Crippen molar-refractivity contribution in [3.05, 3.63) is 23.5 Å². The van der Waals surface area contributed by atoms with E-state index in [9.17, 15) is 0 Å². The molecule has 0 aromatic carbocycles. The minimum atomic E-state index is 0.651. The lowest BCUT2D eigenvalue weighted by molar-refractivity contribution is 0.413. The fourth-order valence-corrected chi connectivity index (χ4v) is 1.06. The molecule has 0 aliphatic rings. The molecule has 3 heteroatoms. The Morgan fingerprint density at radius 1 is 1.55 bits per heavy atom. The van der Waals surface area contributed by atoms with Crippen molar-refractivity contribution in [2.75, 3.05) is 7.11 Å². The Morgan fingerprint density at radius 3 is 2.82 bits per heavy atom. The molecular weight excluding hydrogens is 158 g/mol. The van der Waals surface area contributed by atoms with Gasteiger partial charge in [-0.15, -0.1) is 0 Å². The van der Waals surface area contributed by atoms with E-state index < -0.39 is 0 Å². The average Bonchev–Trinajstić information content (AvgIpc) is 2.03. The van der Waals surface area contributed by atoms with Gasteiger partial charge in [0.15, 0.2) is 0 Å². The van der Waals surface area contributed by atoms with Crippen LogP contribution in [0.15, 0.2) is 12.1 Å². The first-order valence-corrected chi connectivity index (χ1v) is 4.02. The number of pyridine rings is 1. The lowest BCUT2D eigenvalue weighted by Crippen LogP contribution is -1.91. The zero-order chi connectivity index (χ0) is 8.27. The number of aromatic nitrogens is 1. The first-order valence-electron chi connectivity index (χ1n) is 3.38. The van der Waals surface area contributed by atoms with Crippen molar-refractivity contribution in [1.29, 1.82) is 0 Å². The number of rotatable bonds is 2. The van der Waals surface area contributed by atoms with E-state index in [1.807, 2.05) is 19.1 Å². The number of thiol groups is 1. The predicted molar refractivity (Wildman–Crippen MR) is 48.2 cm³/mol. The van der Waals surface area contributed by atoms with Gasteiger partial charge in [-0.25, -0.2) is 0 Å². The number of hydrogen-bond donors (Lipinski definition) is 1. The zero-order valence-corrected chi connectivity index (χ0v) is 7.56. The molecule has 2 nitrogen and oxygen atoms in total. The Morgan fingerprint density at radius 2 is 2.27 bits per heavy atom. The molecule has 0 saturated carbocycles. The molecule has 0 saturated heterocycles. The number of hydrogen-bond acceptors (Lipinski definition) is 3. The largest absolute Gasteiger partial charge is 0.497 e. The van der Waals surface area contributed by atoms with Crippen LogP contribution in [0.25, 0.3) is 0 Å². The number of ether oxygens (including phenoxy) is 1. The second-order valence-corrected chi connectivity index (χ2v) is 2.61. The van der Waals surface area contributed by atoms with Crippen LogP contribution in [-0.2, 0) is 5.75 Å². The number of nitrogens with zero attached hydrogens (tertiary/aromatic N) is 1. The van der Waals surface area contributed by atoms with Crippen LogP contribution < -0.4 is 4.74 Å². The van der Waals surface area contributed by atoms with Gasteiger partial charge in [0.2, 0.25) is 0 Å². The highest BCUT2D eigenvalue weighted by molar-refractivity contribution is 7.79. The van der Waals surface area contributed by atoms with E-state index in [-0.39, 0.29) is 0 Å². The SMILES string of the molecule is COc1cc(C)nc(CS)c1. The summed E-state index contributed by atoms with van der Waals surface area (Å²) in [5, 5.41) is 0. The summed E-state index contributed by atoms with van der Waals surface area (Å²) in [6, 6.07) is 3.78. The fourth-order valence-electron chi connectivity index (χ4n) is 0.902. The summed E-state index contributed by atoms with van der Waals surface area (Å²) in [4.78, 5) is 4.24. The molecule has 0 radical (unpaired) electrons. The van der Waals surface area contributed by atoms with Gasteiger partial charge in [-0.3, -0.25) is 4.98 Å². The molecular formula is C8H11NOS. The van der Waals surface area contributed by atoms with Gasteiger partial charge in [-0.1, -0.05) is 0 Å². The molecule has 0 aliphatic heterocycles. The van der Waals surface area contributed by atoms with Gasteiger partial charge < -0.3 is 4.74 Å². The number of aryl methyl sites for hydroxylation is 1. The zero-order valence-electron chi connectivity index (χ0n) is 6.66. The molecule has 0 atom stereocenters. The third kappa shape index (κ3) is 2.12. The summed E-state index contributed by atoms with van der Waals surface area (Å²) in [7, 11) is 1.65. The van der Waals surface area contributed by atoms with Gasteiger partial charge >= 0.3 is 0 Å². The molecule has 0 spiro atoms. The smallest absolute Gasteiger partial charge is 0.122 e. The van der Waals surface area contributed by atoms with Crippen LogP contribution in [0.3, 0.4) is 0 Å². The monoisotopic (exact) mass is 169 g/mol. The summed E-state index contributed by atoms with van der Waals surface area (Å²) in [6.45, 7) is 1.94. The third-order valence-corrected chi connectivity index (χ3v) is 1.70. The first kappa shape index (κ1) is 8.40. The predicted octanol–water partition coefficient (Wildman–Crippen LogP) is 1.83. The molecule has 0 fully saturated rings. The van der Waals surface area contributed by atoms with Crippen LogP contribution in [0.1, 0.15) is 11.4 Å². The molecule has 11 heavy (non-hydrogen) atoms. The van der Waals surface area contributed by atoms with Crippen LogP contribution in [0.4, 0.5) is 0 Å². The molecule has 0 aliphatic carbocycles. The van der Waals surface area contributed by atoms with Crippen LogP contribution in [0.2, 0.25) is 0 Å². The molecule has 0 unspecified atom stereocenters. The van der Waals surface area contributed by atoms with Crippen LogP contribution >= 0.6 is 12.6 Å². The lowest BCUT2D eigenvalue weighted by atomic mass is 10.3. The highest BCUT2D eigenvalue weighted by Crippen LogP contribution is 2.13. The van der Waals surface area contributed by atoms with Gasteiger partial charge in [-0.2, -0.15) is 12.6 Å². The maximum atomic E-state index is 5.06. The average molecular weight is 169 g/mol. The Hall–Kier alpha value is -0.700. The summed E-state index contributed by atoms with van der Waals surface area (Å²) in [5.41, 5.74) is 1.92. The summed E-state index contributed by atoms with van der Waals surface area (Å²) in [6.07, 6.45) is 0. The summed E-state index contributed by atoms with van der Waals surface area (Å²) < 4.78 is 5.06. The van der Waals surface area contributed by atoms with Crippen LogP contribution in [-0.4, -0.2) is 12.1 Å². The van der Waals surface area contributed by atoms with E-state index in [2.05, 4.69) is 17.6 Å². The maximum Gasteiger partial charge on any atom is 0.122 e. The molecule has 0 amide bonds. The van der Waals surface area contributed by atoms with E-state index in [1.54, 1.807) is 7.11 Å². The molecule has 1 rings (SSSR count). The Balaban J connectivity index is 3.02. The summed E-state index contributed by atoms with van der Waals surface area (Å²) in [5.74, 6) is 1.50. The first-order chi connectivity index (χ1) is 5.26. The van der Waals surface area contributed by atoms with E-state index in [1.165, 1.54) is 0 Å². The van der Waals surface area contributed by atoms with Crippen molar-refractivity contribution in [3.63, 3.8) is 0 Å². The van der Waals surface area contributed by atoms with Gasteiger partial charge in [0.05, 0.1) is 12.8 Å². The van der Waals surface area contributed by atoms with E-state index in [4.69, 9.17) is 4.74 Å². The minimum Gasteiger partial charge on any atom is -0.497 e. The molecule has 60 valence electrons. The quantitative estimate of drug-likeness (QED) is 0.682. The van der Waals surface area contributed by atoms with Gasteiger partial charge in [0.1, 0.15) is 5.75 Å². The van der Waals surface area contributed by atoms with E-state index in [0.29, 0.717) is 5.75 Å². The molecule has 0 N–H and O–H groups in total. The minimum absolute atomic E-state index is 0.651. The number of methoxy groups -OCH3 is 1. The van der Waals surface area contributed by atoms with Crippen molar-refractivity contribution in [1.82, 2.24) is 4.98 Å². The standard InChI is InChI=1S/C8H11NOS/c1-6-3-8(10-2)4-7(5-11)9-6/h3-4,11H,5H2,1-2H3. The maximum absolute atomic E-state index is 5.06. The molecule has 1 heterocycles. The van der Waals surface area contributed by atoms with Gasteiger partial charge in [-0.05, 0) is 6.92 Å². The topological polar surface area (TPSA) is 22.1 Å². The third-order valence-electron chi connectivity index (χ3n) is 1.38. The van der Waals surface area contributed by atoms with Crippen molar-refractivity contribution >= 4 is 12.6 Å². The van der Waals surface area contributed by atoms with E-state index >= 15 is 0 Å². The van der Waals surface area contributed by atoms with Gasteiger partial charge in [0.25, 0.3) is 0 Å². The molecule has 0 bridgehead atoms. The molecule has 1 aromatic heterocycles. The highest BCUT2D eigenvalue weighted by Gasteiger charge is 1.97. The Kier molecular flexibility index (Phi) is 2.76. The molecule has 1 aromatic rings. The lowest BCUT2D eigenvalue weighted by Gasteiger charge is -2.02. The van der Waals surface area contributed by atoms with Crippen LogP contribution in [0.5, 0.6) is 5.75 Å². The van der Waals surface area contributed by atoms with Crippen molar-refractivity contribution in [2.24, 2.45) is 0 Å². The van der Waals surface area contributed by atoms with Crippen molar-refractivity contribution < 1.29 is 4.74 Å². The van der Waals surface area contributed by atoms with Crippen LogP contribution in [0, 0.1) is 6.92 Å². The Bertz CT molecular complexity index is 228. The fraction of sp³-hybridized carbons (Fsp3) is 0.375. The van der Waals surface area contributed by atoms with Crippen molar-refractivity contribution in [3.8, 4) is 5.75 Å². The highest BCUT2D eigenvalue weighted by atomic mass is 32.1.